The predicted octanol–water partition coefficient (Wildman–Crippen LogP) is 1.28. The van der Waals surface area contributed by atoms with Gasteiger partial charge in [0.25, 0.3) is 5.91 Å². The maximum absolute atomic E-state index is 13.2. The molecule has 0 aliphatic heterocycles. The lowest BCUT2D eigenvalue weighted by Gasteiger charge is -2.02. The summed E-state index contributed by atoms with van der Waals surface area (Å²) in [7, 11) is 1.39. The van der Waals surface area contributed by atoms with E-state index in [2.05, 4.69) is 5.32 Å². The Morgan fingerprint density at radius 2 is 2.12 bits per heavy atom. The fourth-order valence-corrected chi connectivity index (χ4v) is 1.12. The zero-order valence-corrected chi connectivity index (χ0v) is 8.53. The molecule has 0 aliphatic rings. The molecule has 0 heterocycles. The Balaban J connectivity index is 3.07. The first-order chi connectivity index (χ1) is 7.54. The number of hydrogen-bond donors (Lipinski definition) is 2. The average Bonchev–Trinajstić information content (AvgIpc) is 2.27. The van der Waals surface area contributed by atoms with Crippen LogP contribution in [-0.2, 0) is 4.79 Å². The van der Waals surface area contributed by atoms with Crippen LogP contribution in [0.4, 0.5) is 4.39 Å². The van der Waals surface area contributed by atoms with Crippen LogP contribution >= 0.6 is 0 Å². The number of carboxylic acid groups (broad SMARTS) is 1. The Labute approximate surface area is 91.4 Å². The summed E-state index contributed by atoms with van der Waals surface area (Å²) in [5.41, 5.74) is 0.331. The molecule has 0 unspecified atom stereocenters. The molecule has 0 saturated carbocycles. The van der Waals surface area contributed by atoms with Crippen LogP contribution in [0, 0.1) is 5.82 Å². The zero-order chi connectivity index (χ0) is 12.1. The molecule has 2 N–H and O–H groups in total. The van der Waals surface area contributed by atoms with Gasteiger partial charge in [-0.05, 0) is 23.8 Å². The number of rotatable bonds is 3. The quantitative estimate of drug-likeness (QED) is 0.758. The van der Waals surface area contributed by atoms with Gasteiger partial charge in [0.15, 0.2) is 0 Å². The molecule has 84 valence electrons. The van der Waals surface area contributed by atoms with Gasteiger partial charge in [-0.1, -0.05) is 6.07 Å². The third kappa shape index (κ3) is 2.91. The van der Waals surface area contributed by atoms with Crippen molar-refractivity contribution < 1.29 is 19.1 Å². The molecule has 0 spiro atoms. The molecule has 0 bridgehead atoms. The number of carboxylic acids is 1. The van der Waals surface area contributed by atoms with E-state index in [-0.39, 0.29) is 5.56 Å². The van der Waals surface area contributed by atoms with Crippen molar-refractivity contribution in [3.63, 3.8) is 0 Å². The van der Waals surface area contributed by atoms with Gasteiger partial charge in [0.05, 0.1) is 5.56 Å². The lowest BCUT2D eigenvalue weighted by Crippen LogP contribution is -2.19. The first-order valence-corrected chi connectivity index (χ1v) is 4.47. The summed E-state index contributed by atoms with van der Waals surface area (Å²) in [4.78, 5) is 21.5. The fraction of sp³-hybridized carbons (Fsp3) is 0.0909. The van der Waals surface area contributed by atoms with E-state index in [1.165, 1.54) is 25.3 Å². The van der Waals surface area contributed by atoms with Crippen LogP contribution in [0.5, 0.6) is 0 Å². The van der Waals surface area contributed by atoms with Gasteiger partial charge in [0.2, 0.25) is 0 Å². The van der Waals surface area contributed by atoms with Gasteiger partial charge >= 0.3 is 5.97 Å². The summed E-state index contributed by atoms with van der Waals surface area (Å²) in [6.07, 6.45) is 2.20. The molecule has 5 heteroatoms. The van der Waals surface area contributed by atoms with E-state index in [0.29, 0.717) is 5.56 Å². The second-order valence-electron chi connectivity index (χ2n) is 2.99. The molecule has 0 saturated heterocycles. The number of carbonyl (C=O) groups is 2. The minimum atomic E-state index is -1.11. The Morgan fingerprint density at radius 1 is 1.44 bits per heavy atom. The normalized spacial score (nSPS) is 10.4. The van der Waals surface area contributed by atoms with Crippen molar-refractivity contribution in [3.8, 4) is 0 Å². The van der Waals surface area contributed by atoms with E-state index in [1.54, 1.807) is 0 Å². The van der Waals surface area contributed by atoms with Crippen LogP contribution in [-0.4, -0.2) is 24.0 Å². The highest BCUT2D eigenvalue weighted by molar-refractivity contribution is 5.95. The predicted molar refractivity (Wildman–Crippen MR) is 56.5 cm³/mol. The minimum Gasteiger partial charge on any atom is -0.478 e. The molecular weight excluding hydrogens is 213 g/mol. The highest BCUT2D eigenvalue weighted by Gasteiger charge is 2.09. The van der Waals surface area contributed by atoms with Gasteiger partial charge < -0.3 is 10.4 Å². The summed E-state index contributed by atoms with van der Waals surface area (Å²) >= 11 is 0. The van der Waals surface area contributed by atoms with Crippen LogP contribution < -0.4 is 5.32 Å². The van der Waals surface area contributed by atoms with E-state index >= 15 is 0 Å². The summed E-state index contributed by atoms with van der Waals surface area (Å²) in [5.74, 6) is -2.30. The number of carbonyl (C=O) groups excluding carboxylic acids is 1. The molecule has 1 rings (SSSR count). The Kier molecular flexibility index (Phi) is 3.77. The van der Waals surface area contributed by atoms with Crippen molar-refractivity contribution >= 4 is 18.0 Å². The number of halogens is 1. The van der Waals surface area contributed by atoms with E-state index in [9.17, 15) is 14.0 Å². The zero-order valence-electron chi connectivity index (χ0n) is 8.53. The summed E-state index contributed by atoms with van der Waals surface area (Å²) < 4.78 is 13.2. The summed E-state index contributed by atoms with van der Waals surface area (Å²) in [5, 5.41) is 10.7. The number of benzene rings is 1. The fourth-order valence-electron chi connectivity index (χ4n) is 1.12. The average molecular weight is 223 g/mol. The molecule has 1 aromatic carbocycles. The Bertz CT molecular complexity index is 455. The molecule has 16 heavy (non-hydrogen) atoms. The van der Waals surface area contributed by atoms with Gasteiger partial charge in [-0.15, -0.1) is 0 Å². The third-order valence-corrected chi connectivity index (χ3v) is 1.88. The topological polar surface area (TPSA) is 66.4 Å². The summed E-state index contributed by atoms with van der Waals surface area (Å²) in [6.45, 7) is 0. The van der Waals surface area contributed by atoms with Crippen LogP contribution in [0.2, 0.25) is 0 Å². The van der Waals surface area contributed by atoms with Crippen molar-refractivity contribution in [3.05, 3.63) is 41.2 Å². The van der Waals surface area contributed by atoms with Crippen LogP contribution in [0.1, 0.15) is 15.9 Å². The van der Waals surface area contributed by atoms with Crippen LogP contribution in [0.3, 0.4) is 0 Å². The monoisotopic (exact) mass is 223 g/mol. The van der Waals surface area contributed by atoms with Crippen molar-refractivity contribution in [1.29, 1.82) is 0 Å². The molecule has 0 radical (unpaired) electrons. The standard InChI is InChI=1S/C11H10FNO3/c1-13-11(16)8-6-7(2-4-9(8)12)3-5-10(14)15/h2-6H,1H3,(H,13,16)(H,14,15)/b5-3+. The number of nitrogens with one attached hydrogen (secondary N) is 1. The smallest absolute Gasteiger partial charge is 0.328 e. The number of amides is 1. The molecule has 1 amide bonds. The van der Waals surface area contributed by atoms with E-state index in [0.717, 1.165) is 12.1 Å². The highest BCUT2D eigenvalue weighted by atomic mass is 19.1. The minimum absolute atomic E-state index is 0.116. The van der Waals surface area contributed by atoms with E-state index in [1.807, 2.05) is 0 Å². The summed E-state index contributed by atoms with van der Waals surface area (Å²) in [6, 6.07) is 3.79. The first kappa shape index (κ1) is 11.9. The van der Waals surface area contributed by atoms with Gasteiger partial charge in [-0.25, -0.2) is 9.18 Å². The lowest BCUT2D eigenvalue weighted by atomic mass is 10.1. The van der Waals surface area contributed by atoms with E-state index < -0.39 is 17.7 Å². The van der Waals surface area contributed by atoms with E-state index in [4.69, 9.17) is 5.11 Å². The van der Waals surface area contributed by atoms with Gasteiger partial charge in [0, 0.05) is 13.1 Å². The maximum Gasteiger partial charge on any atom is 0.328 e. The largest absolute Gasteiger partial charge is 0.478 e. The first-order valence-electron chi connectivity index (χ1n) is 4.47. The second kappa shape index (κ2) is 5.06. The van der Waals surface area contributed by atoms with Crippen LogP contribution in [0.15, 0.2) is 24.3 Å². The van der Waals surface area contributed by atoms with Crippen molar-refractivity contribution in [2.45, 2.75) is 0 Å². The highest BCUT2D eigenvalue weighted by Crippen LogP contribution is 2.11. The van der Waals surface area contributed by atoms with Crippen molar-refractivity contribution in [2.24, 2.45) is 0 Å². The van der Waals surface area contributed by atoms with Crippen molar-refractivity contribution in [1.82, 2.24) is 5.32 Å². The van der Waals surface area contributed by atoms with Gasteiger partial charge in [-0.3, -0.25) is 4.79 Å². The molecule has 0 aromatic heterocycles. The van der Waals surface area contributed by atoms with Crippen LogP contribution in [0.25, 0.3) is 6.08 Å². The molecule has 1 aromatic rings. The molecule has 4 nitrogen and oxygen atoms in total. The maximum atomic E-state index is 13.2. The number of aliphatic carboxylic acids is 1. The molecule has 0 atom stereocenters. The third-order valence-electron chi connectivity index (χ3n) is 1.88. The van der Waals surface area contributed by atoms with Crippen molar-refractivity contribution in [2.75, 3.05) is 7.05 Å². The SMILES string of the molecule is CNC(=O)c1cc(/C=C/C(=O)O)ccc1F. The second-order valence-corrected chi connectivity index (χ2v) is 2.99. The molecule has 0 aliphatic carbocycles. The van der Waals surface area contributed by atoms with Gasteiger partial charge in [-0.2, -0.15) is 0 Å². The number of hydrogen-bond acceptors (Lipinski definition) is 2. The lowest BCUT2D eigenvalue weighted by molar-refractivity contribution is -0.131. The molecule has 0 fully saturated rings. The molecular formula is C11H10FNO3. The Hall–Kier alpha value is -2.17. The Morgan fingerprint density at radius 3 is 2.69 bits per heavy atom. The van der Waals surface area contributed by atoms with Gasteiger partial charge in [0.1, 0.15) is 5.82 Å².